The quantitative estimate of drug-likeness (QED) is 0.560. The second-order valence-corrected chi connectivity index (χ2v) is 9.24. The standard InChI is InChI=1S/C22H29FN6O3/c1-14(2)17-15-4-3-5-16(23)18(15)29(26-17)20-25-19(32-27-20)21(30)8-12-28(13-9-21)22(31)6-10-24-11-7-22/h3-5,14,24,30-31H,6-13H2,1-2H3. The van der Waals surface area contributed by atoms with Gasteiger partial charge in [0.05, 0.1) is 5.69 Å². The van der Waals surface area contributed by atoms with Gasteiger partial charge < -0.3 is 20.1 Å². The summed E-state index contributed by atoms with van der Waals surface area (Å²) in [4.78, 5) is 6.44. The summed E-state index contributed by atoms with van der Waals surface area (Å²) in [6.07, 6.45) is 2.03. The minimum atomic E-state index is -1.30. The lowest BCUT2D eigenvalue weighted by atomic mass is 9.88. The van der Waals surface area contributed by atoms with Gasteiger partial charge in [0.1, 0.15) is 22.7 Å². The van der Waals surface area contributed by atoms with Gasteiger partial charge in [-0.15, -0.1) is 0 Å². The summed E-state index contributed by atoms with van der Waals surface area (Å²) in [5, 5.41) is 34.7. The molecular formula is C22H29FN6O3. The van der Waals surface area contributed by atoms with Crippen molar-refractivity contribution >= 4 is 10.9 Å². The van der Waals surface area contributed by atoms with Gasteiger partial charge >= 0.3 is 0 Å². The van der Waals surface area contributed by atoms with Crippen molar-refractivity contribution in [3.05, 3.63) is 35.6 Å². The lowest BCUT2D eigenvalue weighted by Crippen LogP contribution is -2.58. The fraction of sp³-hybridized carbons (Fsp3) is 0.591. The molecule has 2 aliphatic heterocycles. The highest BCUT2D eigenvalue weighted by Gasteiger charge is 2.45. The van der Waals surface area contributed by atoms with Gasteiger partial charge in [0, 0.05) is 31.3 Å². The van der Waals surface area contributed by atoms with Crippen LogP contribution in [-0.4, -0.2) is 66.9 Å². The molecule has 0 unspecified atom stereocenters. The van der Waals surface area contributed by atoms with E-state index in [1.54, 1.807) is 6.07 Å². The number of likely N-dealkylation sites (tertiary alicyclic amines) is 1. The first-order valence-corrected chi connectivity index (χ1v) is 11.2. The number of para-hydroxylation sites is 1. The smallest absolute Gasteiger partial charge is 0.291 e. The number of nitrogens with zero attached hydrogens (tertiary/aromatic N) is 5. The van der Waals surface area contributed by atoms with Gasteiger partial charge in [-0.25, -0.2) is 4.39 Å². The van der Waals surface area contributed by atoms with Crippen LogP contribution in [0.5, 0.6) is 0 Å². The van der Waals surface area contributed by atoms with E-state index in [2.05, 4.69) is 20.6 Å². The van der Waals surface area contributed by atoms with Gasteiger partial charge in [-0.3, -0.25) is 4.90 Å². The van der Waals surface area contributed by atoms with Crippen molar-refractivity contribution < 1.29 is 19.1 Å². The molecule has 10 heteroatoms. The van der Waals surface area contributed by atoms with Crippen LogP contribution in [0, 0.1) is 5.82 Å². The topological polar surface area (TPSA) is 112 Å². The predicted octanol–water partition coefficient (Wildman–Crippen LogP) is 2.03. The van der Waals surface area contributed by atoms with Crippen LogP contribution in [0.4, 0.5) is 4.39 Å². The summed E-state index contributed by atoms with van der Waals surface area (Å²) >= 11 is 0. The molecule has 0 saturated carbocycles. The third-order valence-electron chi connectivity index (χ3n) is 6.82. The third kappa shape index (κ3) is 3.51. The van der Waals surface area contributed by atoms with Crippen molar-refractivity contribution in [1.29, 1.82) is 0 Å². The molecule has 3 aromatic rings. The molecule has 172 valence electrons. The Morgan fingerprint density at radius 2 is 1.84 bits per heavy atom. The summed E-state index contributed by atoms with van der Waals surface area (Å²) in [7, 11) is 0. The molecule has 0 aliphatic carbocycles. The van der Waals surface area contributed by atoms with Crippen LogP contribution >= 0.6 is 0 Å². The van der Waals surface area contributed by atoms with Crippen LogP contribution in [0.25, 0.3) is 16.9 Å². The average Bonchev–Trinajstić information content (AvgIpc) is 3.41. The van der Waals surface area contributed by atoms with Gasteiger partial charge in [-0.05, 0) is 43.1 Å². The lowest BCUT2D eigenvalue weighted by Gasteiger charge is -2.46. The molecule has 0 spiro atoms. The monoisotopic (exact) mass is 444 g/mol. The predicted molar refractivity (Wildman–Crippen MR) is 115 cm³/mol. The van der Waals surface area contributed by atoms with E-state index in [0.29, 0.717) is 49.7 Å². The van der Waals surface area contributed by atoms with E-state index in [9.17, 15) is 14.6 Å². The molecule has 2 aromatic heterocycles. The minimum absolute atomic E-state index is 0.0845. The number of aliphatic hydroxyl groups is 2. The molecule has 9 nitrogen and oxygen atoms in total. The Labute approximate surface area is 185 Å². The second kappa shape index (κ2) is 7.87. The number of nitrogens with one attached hydrogen (secondary N) is 1. The number of hydrogen-bond donors (Lipinski definition) is 3. The lowest BCUT2D eigenvalue weighted by molar-refractivity contribution is -0.161. The van der Waals surface area contributed by atoms with E-state index in [4.69, 9.17) is 4.52 Å². The van der Waals surface area contributed by atoms with Crippen molar-refractivity contribution in [2.24, 2.45) is 0 Å². The Balaban J connectivity index is 1.41. The maximum Gasteiger partial charge on any atom is 0.291 e. The SMILES string of the molecule is CC(C)c1nn(-c2noc(C3(O)CCN(C4(O)CCNCC4)CC3)n2)c2c(F)cccc12. The highest BCUT2D eigenvalue weighted by atomic mass is 19.1. The minimum Gasteiger partial charge on any atom is -0.380 e. The Kier molecular flexibility index (Phi) is 5.28. The van der Waals surface area contributed by atoms with Crippen molar-refractivity contribution in [1.82, 2.24) is 30.1 Å². The van der Waals surface area contributed by atoms with E-state index >= 15 is 0 Å². The zero-order chi connectivity index (χ0) is 22.5. The number of benzene rings is 1. The third-order valence-corrected chi connectivity index (χ3v) is 6.82. The van der Waals surface area contributed by atoms with Crippen LogP contribution in [0.3, 0.4) is 0 Å². The summed E-state index contributed by atoms with van der Waals surface area (Å²) in [6, 6.07) is 4.86. The Morgan fingerprint density at radius 3 is 2.53 bits per heavy atom. The normalized spacial score (nSPS) is 21.4. The summed E-state index contributed by atoms with van der Waals surface area (Å²) in [5.74, 6) is -0.151. The molecule has 0 atom stereocenters. The number of aromatic nitrogens is 4. The van der Waals surface area contributed by atoms with Gasteiger partial charge in [-0.2, -0.15) is 14.8 Å². The Bertz CT molecular complexity index is 1110. The first-order chi connectivity index (χ1) is 15.3. The molecule has 2 aliphatic rings. The maximum absolute atomic E-state index is 14.7. The Morgan fingerprint density at radius 1 is 1.12 bits per heavy atom. The van der Waals surface area contributed by atoms with Crippen molar-refractivity contribution in [2.75, 3.05) is 26.2 Å². The van der Waals surface area contributed by atoms with Gasteiger partial charge in [0.15, 0.2) is 0 Å². The molecular weight excluding hydrogens is 415 g/mol. The number of halogens is 1. The molecule has 2 saturated heterocycles. The fourth-order valence-corrected chi connectivity index (χ4v) is 4.86. The molecule has 2 fully saturated rings. The second-order valence-electron chi connectivity index (χ2n) is 9.24. The number of fused-ring (bicyclic) bond motifs is 1. The number of piperidine rings is 2. The fourth-order valence-electron chi connectivity index (χ4n) is 4.86. The maximum atomic E-state index is 14.7. The van der Waals surface area contributed by atoms with Crippen LogP contribution in [0.15, 0.2) is 22.7 Å². The van der Waals surface area contributed by atoms with E-state index in [0.717, 1.165) is 18.8 Å². The zero-order valence-corrected chi connectivity index (χ0v) is 18.4. The highest BCUT2D eigenvalue weighted by molar-refractivity contribution is 5.84. The first kappa shape index (κ1) is 21.4. The summed E-state index contributed by atoms with van der Waals surface area (Å²) < 4.78 is 21.5. The van der Waals surface area contributed by atoms with E-state index in [1.807, 2.05) is 24.8 Å². The van der Waals surface area contributed by atoms with Crippen LogP contribution in [-0.2, 0) is 5.60 Å². The molecule has 0 radical (unpaired) electrons. The number of hydrogen-bond acceptors (Lipinski definition) is 8. The average molecular weight is 445 g/mol. The molecule has 32 heavy (non-hydrogen) atoms. The zero-order valence-electron chi connectivity index (χ0n) is 18.4. The van der Waals surface area contributed by atoms with Gasteiger partial charge in [0.2, 0.25) is 0 Å². The van der Waals surface area contributed by atoms with E-state index in [-0.39, 0.29) is 17.8 Å². The van der Waals surface area contributed by atoms with Crippen LogP contribution in [0.2, 0.25) is 0 Å². The molecule has 1 aromatic carbocycles. The number of rotatable bonds is 4. The van der Waals surface area contributed by atoms with Crippen molar-refractivity contribution in [3.8, 4) is 5.95 Å². The van der Waals surface area contributed by atoms with Crippen molar-refractivity contribution in [3.63, 3.8) is 0 Å². The van der Waals surface area contributed by atoms with E-state index in [1.165, 1.54) is 10.7 Å². The van der Waals surface area contributed by atoms with Gasteiger partial charge in [0.25, 0.3) is 11.8 Å². The van der Waals surface area contributed by atoms with Crippen LogP contribution in [0.1, 0.15) is 57.0 Å². The van der Waals surface area contributed by atoms with E-state index < -0.39 is 17.1 Å². The Hall–Kier alpha value is -2.40. The first-order valence-electron chi connectivity index (χ1n) is 11.2. The van der Waals surface area contributed by atoms with Crippen LogP contribution < -0.4 is 5.32 Å². The molecule has 5 rings (SSSR count). The summed E-state index contributed by atoms with van der Waals surface area (Å²) in [5.41, 5.74) is -1.11. The molecule has 0 amide bonds. The van der Waals surface area contributed by atoms with Gasteiger partial charge in [-0.1, -0.05) is 26.0 Å². The largest absolute Gasteiger partial charge is 0.380 e. The molecule has 3 N–H and O–H groups in total. The molecule has 4 heterocycles. The van der Waals surface area contributed by atoms with Crippen molar-refractivity contribution in [2.45, 2.75) is 56.8 Å². The summed E-state index contributed by atoms with van der Waals surface area (Å²) in [6.45, 7) is 6.56. The molecule has 0 bridgehead atoms. The highest BCUT2D eigenvalue weighted by Crippen LogP contribution is 2.36.